The minimum Gasteiger partial charge on any atom is -0.465 e. The van der Waals surface area contributed by atoms with Gasteiger partial charge in [-0.05, 0) is 23.8 Å². The molecule has 114 valence electrons. The quantitative estimate of drug-likeness (QED) is 0.862. The zero-order chi connectivity index (χ0) is 16.4. The zero-order valence-electron chi connectivity index (χ0n) is 12.4. The molecular formula is C18H14N2O3. The van der Waals surface area contributed by atoms with Gasteiger partial charge in [-0.2, -0.15) is 5.26 Å². The first kappa shape index (κ1) is 14.7. The molecule has 2 N–H and O–H groups in total. The molecule has 0 saturated carbocycles. The van der Waals surface area contributed by atoms with Crippen molar-refractivity contribution in [1.29, 1.82) is 5.26 Å². The van der Waals surface area contributed by atoms with Crippen molar-refractivity contribution >= 4 is 5.97 Å². The number of hydrogen-bond acceptors (Lipinski definition) is 5. The maximum absolute atomic E-state index is 11.5. The van der Waals surface area contributed by atoms with Crippen LogP contribution in [0.3, 0.4) is 0 Å². The smallest absolute Gasteiger partial charge is 0.337 e. The van der Waals surface area contributed by atoms with Gasteiger partial charge in [0.25, 0.3) is 0 Å². The third-order valence-corrected chi connectivity index (χ3v) is 3.79. The number of carbonyl (C=O) groups is 1. The lowest BCUT2D eigenvalue weighted by atomic mass is 9.83. The average molecular weight is 306 g/mol. The Morgan fingerprint density at radius 3 is 2.57 bits per heavy atom. The van der Waals surface area contributed by atoms with Crippen molar-refractivity contribution in [2.45, 2.75) is 5.92 Å². The highest BCUT2D eigenvalue weighted by Gasteiger charge is 2.30. The number of methoxy groups -OCH3 is 1. The Morgan fingerprint density at radius 2 is 1.91 bits per heavy atom. The first-order valence-corrected chi connectivity index (χ1v) is 7.00. The number of ether oxygens (including phenoxy) is 2. The SMILES string of the molecule is COC(=O)c1ccc([C@H]2C(C#N)=C(N)Oc3ccccc32)cc1. The number of esters is 1. The summed E-state index contributed by atoms with van der Waals surface area (Å²) in [5.74, 6) is 0.00965. The van der Waals surface area contributed by atoms with E-state index in [2.05, 4.69) is 6.07 Å². The van der Waals surface area contributed by atoms with Crippen LogP contribution in [-0.2, 0) is 4.74 Å². The molecule has 3 rings (SSSR count). The second-order valence-electron chi connectivity index (χ2n) is 5.08. The summed E-state index contributed by atoms with van der Waals surface area (Å²) in [4.78, 5) is 11.5. The number of carbonyl (C=O) groups excluding carboxylic acids is 1. The number of nitrogens with zero attached hydrogens (tertiary/aromatic N) is 1. The van der Waals surface area contributed by atoms with E-state index in [-0.39, 0.29) is 11.8 Å². The highest BCUT2D eigenvalue weighted by molar-refractivity contribution is 5.89. The van der Waals surface area contributed by atoms with Gasteiger partial charge in [-0.3, -0.25) is 0 Å². The second kappa shape index (κ2) is 5.85. The predicted octanol–water partition coefficient (Wildman–Crippen LogP) is 2.69. The van der Waals surface area contributed by atoms with Crippen molar-refractivity contribution in [3.8, 4) is 11.8 Å². The van der Waals surface area contributed by atoms with Crippen molar-refractivity contribution < 1.29 is 14.3 Å². The van der Waals surface area contributed by atoms with Crippen LogP contribution in [0.15, 0.2) is 60.0 Å². The van der Waals surface area contributed by atoms with E-state index in [1.165, 1.54) is 7.11 Å². The van der Waals surface area contributed by atoms with E-state index in [0.717, 1.165) is 11.1 Å². The van der Waals surface area contributed by atoms with Gasteiger partial charge in [-0.25, -0.2) is 4.79 Å². The number of fused-ring (bicyclic) bond motifs is 1. The molecule has 0 aliphatic carbocycles. The number of hydrogen-bond donors (Lipinski definition) is 1. The molecule has 1 aliphatic heterocycles. The van der Waals surface area contributed by atoms with E-state index < -0.39 is 5.97 Å². The van der Waals surface area contributed by atoms with Crippen LogP contribution < -0.4 is 10.5 Å². The molecule has 5 nitrogen and oxygen atoms in total. The van der Waals surface area contributed by atoms with Crippen molar-refractivity contribution in [3.05, 3.63) is 76.7 Å². The molecule has 0 aromatic heterocycles. The van der Waals surface area contributed by atoms with E-state index in [0.29, 0.717) is 16.9 Å². The Labute approximate surface area is 133 Å². The van der Waals surface area contributed by atoms with Crippen LogP contribution in [0.25, 0.3) is 0 Å². The van der Waals surface area contributed by atoms with Crippen LogP contribution in [0.4, 0.5) is 0 Å². The van der Waals surface area contributed by atoms with Gasteiger partial charge in [0.1, 0.15) is 17.4 Å². The molecule has 0 bridgehead atoms. The van der Waals surface area contributed by atoms with Crippen LogP contribution in [0.5, 0.6) is 5.75 Å². The van der Waals surface area contributed by atoms with E-state index in [9.17, 15) is 10.1 Å². The Balaban J connectivity index is 2.10. The first-order chi connectivity index (χ1) is 11.2. The van der Waals surface area contributed by atoms with E-state index in [1.54, 1.807) is 24.3 Å². The minimum absolute atomic E-state index is 0.105. The highest BCUT2D eigenvalue weighted by Crippen LogP contribution is 2.41. The summed E-state index contributed by atoms with van der Waals surface area (Å²) in [6, 6.07) is 16.5. The van der Waals surface area contributed by atoms with Gasteiger partial charge in [0, 0.05) is 5.56 Å². The van der Waals surface area contributed by atoms with Gasteiger partial charge in [-0.15, -0.1) is 0 Å². The molecule has 0 saturated heterocycles. The molecule has 5 heteroatoms. The monoisotopic (exact) mass is 306 g/mol. The molecule has 0 fully saturated rings. The number of rotatable bonds is 2. The zero-order valence-corrected chi connectivity index (χ0v) is 12.4. The number of para-hydroxylation sites is 1. The molecule has 2 aromatic carbocycles. The molecular weight excluding hydrogens is 292 g/mol. The maximum Gasteiger partial charge on any atom is 0.337 e. The molecule has 23 heavy (non-hydrogen) atoms. The Hall–Kier alpha value is -3.26. The number of nitrogens with two attached hydrogens (primary N) is 1. The average Bonchev–Trinajstić information content (AvgIpc) is 2.60. The van der Waals surface area contributed by atoms with E-state index in [4.69, 9.17) is 15.2 Å². The summed E-state index contributed by atoms with van der Waals surface area (Å²) >= 11 is 0. The standard InChI is InChI=1S/C18H14N2O3/c1-22-18(21)12-8-6-11(7-9-12)16-13-4-2-3-5-15(13)23-17(20)14(16)10-19/h2-9,16H,20H2,1H3/t16-/m1/s1. The fourth-order valence-corrected chi connectivity index (χ4v) is 2.68. The predicted molar refractivity (Wildman–Crippen MR) is 83.5 cm³/mol. The van der Waals surface area contributed by atoms with Gasteiger partial charge < -0.3 is 15.2 Å². The summed E-state index contributed by atoms with van der Waals surface area (Å²) in [5.41, 5.74) is 8.42. The summed E-state index contributed by atoms with van der Waals surface area (Å²) in [6.45, 7) is 0. The fourth-order valence-electron chi connectivity index (χ4n) is 2.68. The van der Waals surface area contributed by atoms with Crippen molar-refractivity contribution in [1.82, 2.24) is 0 Å². The van der Waals surface area contributed by atoms with Gasteiger partial charge in [0.15, 0.2) is 0 Å². The van der Waals surface area contributed by atoms with Gasteiger partial charge in [0.2, 0.25) is 5.88 Å². The normalized spacial score (nSPS) is 16.1. The van der Waals surface area contributed by atoms with Crippen LogP contribution in [0.1, 0.15) is 27.4 Å². The molecule has 1 aliphatic rings. The number of nitriles is 1. The minimum atomic E-state index is -0.403. The van der Waals surface area contributed by atoms with Crippen molar-refractivity contribution in [2.75, 3.05) is 7.11 Å². The lowest BCUT2D eigenvalue weighted by Gasteiger charge is -2.26. The molecule has 0 spiro atoms. The third-order valence-electron chi connectivity index (χ3n) is 3.79. The fraction of sp³-hybridized carbons (Fsp3) is 0.111. The molecule has 0 radical (unpaired) electrons. The van der Waals surface area contributed by atoms with Gasteiger partial charge >= 0.3 is 5.97 Å². The Kier molecular flexibility index (Phi) is 3.73. The lowest BCUT2D eigenvalue weighted by molar-refractivity contribution is 0.0600. The van der Waals surface area contributed by atoms with Crippen LogP contribution in [0.2, 0.25) is 0 Å². The molecule has 2 aromatic rings. The van der Waals surface area contributed by atoms with Crippen LogP contribution in [0, 0.1) is 11.3 Å². The topological polar surface area (TPSA) is 85.3 Å². The highest BCUT2D eigenvalue weighted by atomic mass is 16.5. The maximum atomic E-state index is 11.5. The Bertz CT molecular complexity index is 832. The summed E-state index contributed by atoms with van der Waals surface area (Å²) < 4.78 is 10.2. The second-order valence-corrected chi connectivity index (χ2v) is 5.08. The van der Waals surface area contributed by atoms with Gasteiger partial charge in [-0.1, -0.05) is 30.3 Å². The molecule has 0 amide bonds. The molecule has 0 unspecified atom stereocenters. The summed E-state index contributed by atoms with van der Waals surface area (Å²) in [7, 11) is 1.34. The Morgan fingerprint density at radius 1 is 1.22 bits per heavy atom. The van der Waals surface area contributed by atoms with Crippen LogP contribution in [-0.4, -0.2) is 13.1 Å². The van der Waals surface area contributed by atoms with E-state index in [1.807, 2.05) is 24.3 Å². The largest absolute Gasteiger partial charge is 0.465 e. The number of allylic oxidation sites excluding steroid dienone is 1. The number of benzene rings is 2. The van der Waals surface area contributed by atoms with E-state index >= 15 is 0 Å². The lowest BCUT2D eigenvalue weighted by Crippen LogP contribution is -2.21. The third kappa shape index (κ3) is 2.51. The van der Waals surface area contributed by atoms with Crippen LogP contribution >= 0.6 is 0 Å². The summed E-state index contributed by atoms with van der Waals surface area (Å²) in [6.07, 6.45) is 0. The summed E-state index contributed by atoms with van der Waals surface area (Å²) in [5, 5.41) is 9.46. The van der Waals surface area contributed by atoms with Crippen molar-refractivity contribution in [2.24, 2.45) is 5.73 Å². The first-order valence-electron chi connectivity index (χ1n) is 7.00. The molecule has 1 heterocycles. The van der Waals surface area contributed by atoms with Gasteiger partial charge in [0.05, 0.1) is 18.6 Å². The molecule has 1 atom stereocenters. The van der Waals surface area contributed by atoms with Crippen molar-refractivity contribution in [3.63, 3.8) is 0 Å².